The van der Waals surface area contributed by atoms with Crippen molar-refractivity contribution in [2.24, 2.45) is 4.99 Å². The van der Waals surface area contributed by atoms with Crippen LogP contribution in [0, 0.1) is 10.1 Å². The van der Waals surface area contributed by atoms with E-state index in [-0.39, 0.29) is 16.7 Å². The van der Waals surface area contributed by atoms with Crippen LogP contribution in [0.3, 0.4) is 0 Å². The highest BCUT2D eigenvalue weighted by atomic mass is 35.5. The molecule has 0 saturated heterocycles. The molecular weight excluding hydrogens is 477 g/mol. The number of aromatic nitrogens is 1. The number of thiazole rings is 1. The van der Waals surface area contributed by atoms with E-state index in [4.69, 9.17) is 28.2 Å². The molecule has 8 heteroatoms. The fraction of sp³-hybridized carbons (Fsp3) is 0.160. The van der Waals surface area contributed by atoms with Crippen molar-refractivity contribution in [3.8, 4) is 11.3 Å². The minimum atomic E-state index is -0.383. The Morgan fingerprint density at radius 2 is 1.85 bits per heavy atom. The maximum atomic E-state index is 11.1. The molecule has 0 radical (unpaired) electrons. The normalized spacial score (nSPS) is 15.9. The van der Waals surface area contributed by atoms with E-state index in [1.807, 2.05) is 6.07 Å². The summed E-state index contributed by atoms with van der Waals surface area (Å²) in [5.74, 6) is 0. The summed E-state index contributed by atoms with van der Waals surface area (Å²) in [7, 11) is 0. The van der Waals surface area contributed by atoms with E-state index in [9.17, 15) is 10.1 Å². The first-order valence-electron chi connectivity index (χ1n) is 10.5. The van der Waals surface area contributed by atoms with Crippen LogP contribution in [-0.4, -0.2) is 9.49 Å². The smallest absolute Gasteiger partial charge is 0.269 e. The molecule has 5 nitrogen and oxygen atoms in total. The van der Waals surface area contributed by atoms with E-state index >= 15 is 0 Å². The molecule has 0 fully saturated rings. The van der Waals surface area contributed by atoms with Gasteiger partial charge in [0, 0.05) is 22.5 Å². The second kappa shape index (κ2) is 9.14. The van der Waals surface area contributed by atoms with Crippen molar-refractivity contribution in [2.75, 3.05) is 0 Å². The summed E-state index contributed by atoms with van der Waals surface area (Å²) in [5.41, 5.74) is 5.23. The van der Waals surface area contributed by atoms with Crippen molar-refractivity contribution in [3.63, 3.8) is 0 Å². The van der Waals surface area contributed by atoms with E-state index in [0.717, 1.165) is 35.3 Å². The number of nitro groups is 1. The molecule has 166 valence electrons. The van der Waals surface area contributed by atoms with Crippen molar-refractivity contribution in [1.82, 2.24) is 4.57 Å². The second-order valence-electron chi connectivity index (χ2n) is 7.89. The molecule has 5 rings (SSSR count). The molecule has 4 aromatic rings. The monoisotopic (exact) mass is 495 g/mol. The minimum Gasteiger partial charge on any atom is -0.309 e. The van der Waals surface area contributed by atoms with Crippen LogP contribution in [0.25, 0.3) is 11.3 Å². The predicted molar refractivity (Wildman–Crippen MR) is 134 cm³/mol. The lowest BCUT2D eigenvalue weighted by atomic mass is 9.87. The molecule has 0 bridgehead atoms. The molecule has 0 aliphatic heterocycles. The van der Waals surface area contributed by atoms with Crippen molar-refractivity contribution < 1.29 is 4.92 Å². The van der Waals surface area contributed by atoms with Crippen molar-refractivity contribution in [1.29, 1.82) is 0 Å². The molecule has 1 atom stereocenters. The van der Waals surface area contributed by atoms with Gasteiger partial charge in [0.1, 0.15) is 0 Å². The largest absolute Gasteiger partial charge is 0.309 e. The standard InChI is InChI=1S/C25H19Cl2N3O2S/c26-18-10-13-22(21(27)14-18)28-25-29(23-7-3-5-16-4-1-2-6-20(16)23)24(15-33-25)17-8-11-19(12-9-17)30(31)32/h1-2,4,6,8-15,23H,3,5,7H2. The first kappa shape index (κ1) is 21.9. The zero-order valence-electron chi connectivity index (χ0n) is 17.4. The Morgan fingerprint density at radius 3 is 2.61 bits per heavy atom. The average molecular weight is 496 g/mol. The molecule has 33 heavy (non-hydrogen) atoms. The summed E-state index contributed by atoms with van der Waals surface area (Å²) in [5, 5.41) is 14.2. The molecule has 0 saturated carbocycles. The molecular formula is C25H19Cl2N3O2S. The van der Waals surface area contributed by atoms with Gasteiger partial charge in [-0.1, -0.05) is 47.5 Å². The van der Waals surface area contributed by atoms with Gasteiger partial charge in [-0.15, -0.1) is 11.3 Å². The van der Waals surface area contributed by atoms with E-state index in [1.165, 1.54) is 22.5 Å². The van der Waals surface area contributed by atoms with Gasteiger partial charge < -0.3 is 4.57 Å². The number of non-ortho nitro benzene ring substituents is 1. The third-order valence-electron chi connectivity index (χ3n) is 5.89. The lowest BCUT2D eigenvalue weighted by molar-refractivity contribution is -0.384. The quantitative estimate of drug-likeness (QED) is 0.216. The van der Waals surface area contributed by atoms with E-state index in [2.05, 4.69) is 34.2 Å². The van der Waals surface area contributed by atoms with Gasteiger partial charge in [0.2, 0.25) is 0 Å². The summed E-state index contributed by atoms with van der Waals surface area (Å²) in [6.45, 7) is 0. The summed E-state index contributed by atoms with van der Waals surface area (Å²) in [6, 6.07) is 20.6. The first-order chi connectivity index (χ1) is 16.0. The number of nitro benzene ring substituents is 1. The zero-order chi connectivity index (χ0) is 22.9. The van der Waals surface area contributed by atoms with Gasteiger partial charge in [0.25, 0.3) is 5.69 Å². The Morgan fingerprint density at radius 1 is 1.06 bits per heavy atom. The Hall–Kier alpha value is -2.93. The SMILES string of the molecule is O=[N+]([O-])c1ccc(-c2csc(=Nc3ccc(Cl)cc3Cl)n2C2CCCc3ccccc32)cc1. The van der Waals surface area contributed by atoms with Gasteiger partial charge in [-0.25, -0.2) is 4.99 Å². The van der Waals surface area contributed by atoms with Gasteiger partial charge in [0.05, 0.1) is 27.4 Å². The van der Waals surface area contributed by atoms with Crippen molar-refractivity contribution in [2.45, 2.75) is 25.3 Å². The second-order valence-corrected chi connectivity index (χ2v) is 9.57. The fourth-order valence-corrected chi connectivity index (χ4v) is 5.75. The number of fused-ring (bicyclic) bond motifs is 1. The molecule has 1 unspecified atom stereocenters. The van der Waals surface area contributed by atoms with Gasteiger partial charge in [0.15, 0.2) is 4.80 Å². The van der Waals surface area contributed by atoms with Crippen molar-refractivity contribution in [3.05, 3.63) is 108 Å². The highest BCUT2D eigenvalue weighted by Crippen LogP contribution is 2.36. The lowest BCUT2D eigenvalue weighted by Crippen LogP contribution is -2.26. The summed E-state index contributed by atoms with van der Waals surface area (Å²) in [6.07, 6.45) is 3.11. The van der Waals surface area contributed by atoms with Crippen LogP contribution >= 0.6 is 34.5 Å². The molecule has 1 heterocycles. The number of hydrogen-bond acceptors (Lipinski definition) is 4. The highest BCUT2D eigenvalue weighted by Gasteiger charge is 2.25. The third-order valence-corrected chi connectivity index (χ3v) is 7.27. The molecule has 0 spiro atoms. The van der Waals surface area contributed by atoms with Crippen LogP contribution < -0.4 is 4.80 Å². The molecule has 1 aliphatic rings. The number of aryl methyl sites for hydroxylation is 1. The number of hydrogen-bond donors (Lipinski definition) is 0. The Kier molecular flexibility index (Phi) is 6.06. The number of rotatable bonds is 4. The van der Waals surface area contributed by atoms with Crippen LogP contribution in [0.15, 0.2) is 77.1 Å². The van der Waals surface area contributed by atoms with E-state index in [1.54, 1.807) is 36.4 Å². The van der Waals surface area contributed by atoms with Crippen molar-refractivity contribution >= 4 is 45.9 Å². The van der Waals surface area contributed by atoms with Crippen LogP contribution in [0.2, 0.25) is 10.0 Å². The van der Waals surface area contributed by atoms with Gasteiger partial charge in [-0.2, -0.15) is 0 Å². The third kappa shape index (κ3) is 4.34. The molecule has 1 aliphatic carbocycles. The summed E-state index contributed by atoms with van der Waals surface area (Å²) < 4.78 is 2.24. The summed E-state index contributed by atoms with van der Waals surface area (Å²) in [4.78, 5) is 16.5. The van der Waals surface area contributed by atoms with Gasteiger partial charge in [-0.3, -0.25) is 10.1 Å². The fourth-order valence-electron chi connectivity index (χ4n) is 4.34. The minimum absolute atomic E-state index is 0.0707. The highest BCUT2D eigenvalue weighted by molar-refractivity contribution is 7.07. The Labute approximate surface area is 204 Å². The topological polar surface area (TPSA) is 60.4 Å². The first-order valence-corrected chi connectivity index (χ1v) is 12.2. The van der Waals surface area contributed by atoms with Crippen LogP contribution in [0.5, 0.6) is 0 Å². The van der Waals surface area contributed by atoms with Crippen LogP contribution in [-0.2, 0) is 6.42 Å². The summed E-state index contributed by atoms with van der Waals surface area (Å²) >= 11 is 14.0. The number of nitrogens with zero attached hydrogens (tertiary/aromatic N) is 3. The maximum Gasteiger partial charge on any atom is 0.269 e. The maximum absolute atomic E-state index is 11.1. The van der Waals surface area contributed by atoms with E-state index in [0.29, 0.717) is 15.7 Å². The number of halogens is 2. The lowest BCUT2D eigenvalue weighted by Gasteiger charge is -2.28. The van der Waals surface area contributed by atoms with Gasteiger partial charge in [-0.05, 0) is 66.3 Å². The van der Waals surface area contributed by atoms with Crippen LogP contribution in [0.4, 0.5) is 11.4 Å². The molecule has 1 aromatic heterocycles. The average Bonchev–Trinajstić information content (AvgIpc) is 3.24. The van der Waals surface area contributed by atoms with E-state index < -0.39 is 0 Å². The molecule has 0 N–H and O–H groups in total. The number of benzene rings is 3. The molecule has 0 amide bonds. The van der Waals surface area contributed by atoms with Gasteiger partial charge >= 0.3 is 0 Å². The Balaban J connectivity index is 1.72. The predicted octanol–water partition coefficient (Wildman–Crippen LogP) is 7.59. The Bertz CT molecular complexity index is 1410. The molecule has 3 aromatic carbocycles. The van der Waals surface area contributed by atoms with Crippen LogP contribution in [0.1, 0.15) is 30.0 Å². The zero-order valence-corrected chi connectivity index (χ0v) is 19.8.